The van der Waals surface area contributed by atoms with Gasteiger partial charge in [0.05, 0.1) is 11.8 Å². The minimum Gasteiger partial charge on any atom is -0.481 e. The summed E-state index contributed by atoms with van der Waals surface area (Å²) in [5.41, 5.74) is 0.957. The first-order valence-corrected chi connectivity index (χ1v) is 6.74. The van der Waals surface area contributed by atoms with Crippen LogP contribution in [0.1, 0.15) is 12.0 Å². The van der Waals surface area contributed by atoms with Crippen LogP contribution in [0, 0.1) is 23.7 Å². The van der Waals surface area contributed by atoms with Gasteiger partial charge in [0.1, 0.15) is 0 Å². The summed E-state index contributed by atoms with van der Waals surface area (Å²) in [5.74, 6) is -1.98. The molecule has 20 heavy (non-hydrogen) atoms. The Hall–Kier alpha value is -2.17. The van der Waals surface area contributed by atoms with E-state index in [4.69, 9.17) is 0 Å². The molecule has 4 atom stereocenters. The molecule has 2 bridgehead atoms. The van der Waals surface area contributed by atoms with E-state index in [0.717, 1.165) is 12.0 Å². The van der Waals surface area contributed by atoms with Crippen LogP contribution in [0.2, 0.25) is 0 Å². The van der Waals surface area contributed by atoms with Gasteiger partial charge in [-0.1, -0.05) is 12.2 Å². The van der Waals surface area contributed by atoms with Gasteiger partial charge in [0, 0.05) is 18.9 Å². The first-order chi connectivity index (χ1) is 9.66. The fraction of sp³-hybridized carbons (Fsp3) is 0.400. The average molecular weight is 272 g/mol. The van der Waals surface area contributed by atoms with E-state index in [9.17, 15) is 14.7 Å². The van der Waals surface area contributed by atoms with Crippen molar-refractivity contribution in [3.05, 3.63) is 42.2 Å². The van der Waals surface area contributed by atoms with Gasteiger partial charge in [-0.3, -0.25) is 14.6 Å². The third kappa shape index (κ3) is 2.19. The number of aliphatic carboxylic acids is 1. The second-order valence-electron chi connectivity index (χ2n) is 5.41. The Labute approximate surface area is 116 Å². The molecule has 2 N–H and O–H groups in total. The number of hydrogen-bond donors (Lipinski definition) is 2. The van der Waals surface area contributed by atoms with Crippen molar-refractivity contribution < 1.29 is 14.7 Å². The van der Waals surface area contributed by atoms with Gasteiger partial charge in [-0.25, -0.2) is 0 Å². The Balaban J connectivity index is 1.68. The number of amides is 1. The van der Waals surface area contributed by atoms with Crippen LogP contribution >= 0.6 is 0 Å². The molecule has 0 unspecified atom stereocenters. The van der Waals surface area contributed by atoms with Gasteiger partial charge in [0.15, 0.2) is 0 Å². The lowest BCUT2D eigenvalue weighted by molar-refractivity contribution is -0.147. The van der Waals surface area contributed by atoms with Crippen molar-refractivity contribution in [2.75, 3.05) is 0 Å². The van der Waals surface area contributed by atoms with E-state index < -0.39 is 17.8 Å². The maximum atomic E-state index is 12.3. The number of nitrogens with one attached hydrogen (secondary N) is 1. The van der Waals surface area contributed by atoms with E-state index in [1.165, 1.54) is 0 Å². The summed E-state index contributed by atoms with van der Waals surface area (Å²) in [7, 11) is 0. The maximum Gasteiger partial charge on any atom is 0.307 e. The number of carboxylic acids is 1. The number of carbonyl (C=O) groups is 2. The molecule has 3 rings (SSSR count). The molecule has 5 heteroatoms. The molecule has 0 aromatic carbocycles. The number of nitrogens with zero attached hydrogens (tertiary/aromatic N) is 1. The topological polar surface area (TPSA) is 79.3 Å². The first kappa shape index (κ1) is 12.8. The number of pyridine rings is 1. The highest BCUT2D eigenvalue weighted by Crippen LogP contribution is 2.48. The van der Waals surface area contributed by atoms with Crippen LogP contribution < -0.4 is 5.32 Å². The Morgan fingerprint density at radius 1 is 1.20 bits per heavy atom. The Bertz CT molecular complexity index is 555. The van der Waals surface area contributed by atoms with Crippen LogP contribution in [-0.2, 0) is 16.1 Å². The molecule has 0 spiro atoms. The predicted octanol–water partition coefficient (Wildman–Crippen LogP) is 1.22. The van der Waals surface area contributed by atoms with Crippen molar-refractivity contribution in [2.24, 2.45) is 23.7 Å². The van der Waals surface area contributed by atoms with E-state index in [-0.39, 0.29) is 17.7 Å². The fourth-order valence-electron chi connectivity index (χ4n) is 3.32. The van der Waals surface area contributed by atoms with Crippen LogP contribution in [-0.4, -0.2) is 22.0 Å². The van der Waals surface area contributed by atoms with Crippen molar-refractivity contribution >= 4 is 11.9 Å². The van der Waals surface area contributed by atoms with Gasteiger partial charge in [0.25, 0.3) is 0 Å². The second-order valence-corrected chi connectivity index (χ2v) is 5.41. The summed E-state index contributed by atoms with van der Waals surface area (Å²) < 4.78 is 0. The number of hydrogen-bond acceptors (Lipinski definition) is 3. The Morgan fingerprint density at radius 3 is 2.50 bits per heavy atom. The quantitative estimate of drug-likeness (QED) is 0.808. The van der Waals surface area contributed by atoms with Crippen molar-refractivity contribution in [1.82, 2.24) is 10.3 Å². The SMILES string of the molecule is O=C(O)[C@@H]1[C@@H](C(=O)NCc2ccncc2)[C@H]2C=C[C@@H]1C2. The van der Waals surface area contributed by atoms with E-state index in [0.29, 0.717) is 6.54 Å². The molecule has 1 aromatic rings. The number of carboxylic acid groups (broad SMARTS) is 1. The number of allylic oxidation sites excluding steroid dienone is 2. The summed E-state index contributed by atoms with van der Waals surface area (Å²) in [6.07, 6.45) is 8.05. The zero-order valence-electron chi connectivity index (χ0n) is 10.9. The van der Waals surface area contributed by atoms with Crippen molar-refractivity contribution in [2.45, 2.75) is 13.0 Å². The normalized spacial score (nSPS) is 30.4. The molecule has 0 aliphatic heterocycles. The Kier molecular flexibility index (Phi) is 3.26. The lowest BCUT2D eigenvalue weighted by Crippen LogP contribution is -2.39. The minimum atomic E-state index is -0.870. The second kappa shape index (κ2) is 5.07. The number of carbonyl (C=O) groups excluding carboxylic acids is 1. The van der Waals surface area contributed by atoms with E-state index in [1.54, 1.807) is 12.4 Å². The van der Waals surface area contributed by atoms with E-state index in [2.05, 4.69) is 10.3 Å². The van der Waals surface area contributed by atoms with Gasteiger partial charge in [-0.2, -0.15) is 0 Å². The molecule has 1 fully saturated rings. The van der Waals surface area contributed by atoms with Crippen LogP contribution in [0.5, 0.6) is 0 Å². The lowest BCUT2D eigenvalue weighted by Gasteiger charge is -2.23. The number of rotatable bonds is 4. The molecular weight excluding hydrogens is 256 g/mol. The standard InChI is InChI=1S/C15H16N2O3/c18-14(17-8-9-3-5-16-6-4-9)12-10-1-2-11(7-10)13(12)15(19)20/h1-6,10-13H,7-8H2,(H,17,18)(H,19,20)/t10-,11+,12-,13-/m0/s1. The summed E-state index contributed by atoms with van der Waals surface area (Å²) >= 11 is 0. The summed E-state index contributed by atoms with van der Waals surface area (Å²) in [6.45, 7) is 0.408. The van der Waals surface area contributed by atoms with Crippen LogP contribution in [0.4, 0.5) is 0 Å². The third-order valence-corrected chi connectivity index (χ3v) is 4.26. The Morgan fingerprint density at radius 2 is 1.85 bits per heavy atom. The molecule has 1 amide bonds. The molecule has 2 aliphatic rings. The van der Waals surface area contributed by atoms with Gasteiger partial charge < -0.3 is 10.4 Å². The molecule has 1 heterocycles. The molecule has 0 saturated heterocycles. The summed E-state index contributed by atoms with van der Waals surface area (Å²) in [4.78, 5) is 27.6. The number of aromatic nitrogens is 1. The molecule has 1 saturated carbocycles. The lowest BCUT2D eigenvalue weighted by atomic mass is 9.82. The molecule has 2 aliphatic carbocycles. The van der Waals surface area contributed by atoms with Gasteiger partial charge in [0.2, 0.25) is 5.91 Å². The van der Waals surface area contributed by atoms with Crippen LogP contribution in [0.15, 0.2) is 36.7 Å². The highest BCUT2D eigenvalue weighted by Gasteiger charge is 2.51. The van der Waals surface area contributed by atoms with Crippen LogP contribution in [0.3, 0.4) is 0 Å². The highest BCUT2D eigenvalue weighted by molar-refractivity contribution is 5.86. The fourth-order valence-corrected chi connectivity index (χ4v) is 3.32. The van der Waals surface area contributed by atoms with Crippen molar-refractivity contribution in [3.8, 4) is 0 Å². The van der Waals surface area contributed by atoms with E-state index >= 15 is 0 Å². The zero-order valence-corrected chi connectivity index (χ0v) is 10.9. The first-order valence-electron chi connectivity index (χ1n) is 6.74. The maximum absolute atomic E-state index is 12.3. The van der Waals surface area contributed by atoms with Crippen LogP contribution in [0.25, 0.3) is 0 Å². The molecule has 1 aromatic heterocycles. The third-order valence-electron chi connectivity index (χ3n) is 4.26. The molecular formula is C15H16N2O3. The van der Waals surface area contributed by atoms with Gasteiger partial charge in [-0.15, -0.1) is 0 Å². The monoisotopic (exact) mass is 272 g/mol. The van der Waals surface area contributed by atoms with Crippen molar-refractivity contribution in [1.29, 1.82) is 0 Å². The molecule has 104 valence electrons. The van der Waals surface area contributed by atoms with Gasteiger partial charge >= 0.3 is 5.97 Å². The summed E-state index contributed by atoms with van der Waals surface area (Å²) in [5, 5.41) is 12.2. The highest BCUT2D eigenvalue weighted by atomic mass is 16.4. The largest absolute Gasteiger partial charge is 0.481 e. The van der Waals surface area contributed by atoms with Crippen molar-refractivity contribution in [3.63, 3.8) is 0 Å². The molecule has 5 nitrogen and oxygen atoms in total. The van der Waals surface area contributed by atoms with E-state index in [1.807, 2.05) is 24.3 Å². The molecule has 0 radical (unpaired) electrons. The smallest absolute Gasteiger partial charge is 0.307 e. The summed E-state index contributed by atoms with van der Waals surface area (Å²) in [6, 6.07) is 3.66. The minimum absolute atomic E-state index is 0.00850. The predicted molar refractivity (Wildman–Crippen MR) is 71.4 cm³/mol. The zero-order chi connectivity index (χ0) is 14.1. The van der Waals surface area contributed by atoms with Gasteiger partial charge in [-0.05, 0) is 36.0 Å². The average Bonchev–Trinajstić information content (AvgIpc) is 3.06. The number of fused-ring (bicyclic) bond motifs is 2.